The maximum atomic E-state index is 13.1. The van der Waals surface area contributed by atoms with Crippen LogP contribution in [0.15, 0.2) is 82.4 Å². The largest absolute Gasteiger partial charge is 0.366 e. The third-order valence-electron chi connectivity index (χ3n) is 12.3. The van der Waals surface area contributed by atoms with Crippen molar-refractivity contribution in [2.75, 3.05) is 18.9 Å². The van der Waals surface area contributed by atoms with Gasteiger partial charge in [0.15, 0.2) is 0 Å². The predicted molar refractivity (Wildman–Crippen MR) is 235 cm³/mol. The van der Waals surface area contributed by atoms with E-state index in [2.05, 4.69) is 37.8 Å². The van der Waals surface area contributed by atoms with E-state index in [-0.39, 0.29) is 24.5 Å². The van der Waals surface area contributed by atoms with Crippen molar-refractivity contribution in [1.29, 1.82) is 0 Å². The van der Waals surface area contributed by atoms with Crippen LogP contribution in [-0.2, 0) is 53.2 Å². The molecule has 4 aromatic carbocycles. The second-order valence-corrected chi connectivity index (χ2v) is 16.7. The van der Waals surface area contributed by atoms with E-state index >= 15 is 0 Å². The number of carbonyl (C=O) groups is 2. The number of nitrogens with two attached hydrogens (primary N) is 4. The second-order valence-electron chi connectivity index (χ2n) is 16.7. The van der Waals surface area contributed by atoms with Gasteiger partial charge in [0, 0.05) is 30.3 Å². The van der Waals surface area contributed by atoms with Gasteiger partial charge in [-0.3, -0.25) is 24.4 Å². The summed E-state index contributed by atoms with van der Waals surface area (Å²) >= 11 is 0. The zero-order chi connectivity index (χ0) is 44.8. The van der Waals surface area contributed by atoms with Gasteiger partial charge in [-0.05, 0) is 145 Å². The van der Waals surface area contributed by atoms with Gasteiger partial charge in [-0.25, -0.2) is 24.4 Å². The maximum absolute atomic E-state index is 13.1. The quantitative estimate of drug-likeness (QED) is 0.0445. The molecule has 2 unspecified atom stereocenters. The van der Waals surface area contributed by atoms with E-state index in [1.807, 2.05) is 62.4 Å². The van der Waals surface area contributed by atoms with Crippen molar-refractivity contribution in [1.82, 2.24) is 35.4 Å². The number of anilines is 2. The lowest BCUT2D eigenvalue weighted by molar-refractivity contribution is -0.00713. The first-order valence-corrected chi connectivity index (χ1v) is 20.8. The fraction of sp³-hybridized carbons (Fsp3) is 0.333. The van der Waals surface area contributed by atoms with Crippen LogP contribution in [0.25, 0.3) is 0 Å². The predicted octanol–water partition coefficient (Wildman–Crippen LogP) is 2.24. The van der Waals surface area contributed by atoms with Crippen molar-refractivity contribution in [3.8, 4) is 0 Å². The van der Waals surface area contributed by atoms with Crippen LogP contribution in [0.4, 0.5) is 11.4 Å². The highest BCUT2D eigenvalue weighted by molar-refractivity contribution is 5.93. The van der Waals surface area contributed by atoms with Crippen molar-refractivity contribution in [2.24, 2.45) is 30.0 Å². The van der Waals surface area contributed by atoms with Gasteiger partial charge in [-0.2, -0.15) is 15.7 Å². The monoisotopic (exact) mass is 856 g/mol. The summed E-state index contributed by atoms with van der Waals surface area (Å²) in [6.07, 6.45) is 2.95. The maximum Gasteiger partial charge on any atom is 0.343 e. The van der Waals surface area contributed by atoms with Gasteiger partial charge in [-0.15, -0.1) is 0 Å². The SMILES string of the molecule is CONCON(c1ccc2c(c1)CCc1cc(C(N)=O)ccc1C2(C[C@@H](C)N)c1n[nH]c(=O)[nH]1)c1ccc2c(c1)CCc1cc(C(N)=O)ccc1C2(C[C@@H](C)N)c1nn(C)c(=O)[nH]1. The number of nitrogens with zero attached hydrogens (tertiary/aromatic N) is 4. The molecule has 0 saturated heterocycles. The summed E-state index contributed by atoms with van der Waals surface area (Å²) < 4.78 is 1.27. The van der Waals surface area contributed by atoms with Gasteiger partial charge >= 0.3 is 11.4 Å². The van der Waals surface area contributed by atoms with Crippen molar-refractivity contribution in [3.05, 3.63) is 161 Å². The molecule has 0 spiro atoms. The molecule has 18 nitrogen and oxygen atoms in total. The highest BCUT2D eigenvalue weighted by Gasteiger charge is 2.46. The summed E-state index contributed by atoms with van der Waals surface area (Å²) in [6.45, 7) is 3.79. The highest BCUT2D eigenvalue weighted by Crippen LogP contribution is 2.50. The van der Waals surface area contributed by atoms with Gasteiger partial charge < -0.3 is 27.8 Å². The number of primary amides is 2. The van der Waals surface area contributed by atoms with Crippen LogP contribution in [-0.4, -0.2) is 67.7 Å². The lowest BCUT2D eigenvalue weighted by Crippen LogP contribution is -2.38. The molecule has 0 saturated carbocycles. The molecule has 2 aliphatic rings. The Hall–Kier alpha value is -6.70. The Balaban J connectivity index is 1.31. The van der Waals surface area contributed by atoms with Crippen molar-refractivity contribution >= 4 is 23.2 Å². The second kappa shape index (κ2) is 16.9. The summed E-state index contributed by atoms with van der Waals surface area (Å²) in [5, 5.41) is 13.5. The van der Waals surface area contributed by atoms with Gasteiger partial charge in [0.25, 0.3) is 0 Å². The Bertz CT molecular complexity index is 2840. The Kier molecular flexibility index (Phi) is 11.5. The Morgan fingerprint density at radius 2 is 1.21 bits per heavy atom. The number of hydrogen-bond donors (Lipinski definition) is 8. The molecule has 2 heterocycles. The smallest absolute Gasteiger partial charge is 0.343 e. The first-order valence-electron chi connectivity index (χ1n) is 20.8. The minimum absolute atomic E-state index is 0.0275. The van der Waals surface area contributed by atoms with E-state index in [4.69, 9.17) is 37.7 Å². The molecule has 4 atom stereocenters. The standard InChI is InChI=1S/C45H52N12O6/c1-24(46)21-44(40-51-42(60)54-53-40)34-13-9-30(38(48)58)17-26(34)5-7-28-19-32(11-15-36(28)44)57(63-23-50-62-4)33-12-16-37-29(20-33)8-6-27-18-31(39(49)59)10-14-35(27)45(37,22-25(2)47)41-52-43(61)56(3)55-41/h9-20,24-25,50H,5-8,21-23,46-47H2,1-4H3,(H2,48,58)(H2,49,59)(H,52,55,61)(H2,51,53,54,60)/t24-,25-,44?,45?/m1/s1. The van der Waals surface area contributed by atoms with E-state index in [9.17, 15) is 19.2 Å². The van der Waals surface area contributed by atoms with Crippen molar-refractivity contribution in [3.63, 3.8) is 0 Å². The molecule has 0 radical (unpaired) electrons. The highest BCUT2D eigenvalue weighted by atomic mass is 16.7. The van der Waals surface area contributed by atoms with E-state index in [0.29, 0.717) is 72.7 Å². The molecule has 63 heavy (non-hydrogen) atoms. The average Bonchev–Trinajstić information content (AvgIpc) is 3.77. The number of hydroxylamine groups is 1. The molecule has 18 heteroatoms. The molecule has 0 bridgehead atoms. The molecule has 8 rings (SSSR count). The van der Waals surface area contributed by atoms with Crippen LogP contribution >= 0.6 is 0 Å². The molecular weight excluding hydrogens is 805 g/mol. The van der Waals surface area contributed by atoms with Gasteiger partial charge in [-0.1, -0.05) is 24.3 Å². The number of hydrogen-bond acceptors (Lipinski definition) is 12. The Morgan fingerprint density at radius 1 is 0.746 bits per heavy atom. The number of aromatic nitrogens is 6. The number of aryl methyl sites for hydroxylation is 5. The number of amides is 2. The topological polar surface area (TPSA) is 284 Å². The van der Waals surface area contributed by atoms with Crippen LogP contribution in [0.5, 0.6) is 0 Å². The van der Waals surface area contributed by atoms with E-state index in [0.717, 1.165) is 44.5 Å². The normalized spacial score (nSPS) is 18.8. The lowest BCUT2D eigenvalue weighted by atomic mass is 9.68. The number of fused-ring (bicyclic) bond motifs is 4. The molecule has 0 aliphatic heterocycles. The zero-order valence-corrected chi connectivity index (χ0v) is 35.6. The summed E-state index contributed by atoms with van der Waals surface area (Å²) in [5.74, 6) is -0.272. The molecule has 2 aromatic heterocycles. The van der Waals surface area contributed by atoms with E-state index in [1.165, 1.54) is 11.8 Å². The molecule has 328 valence electrons. The number of rotatable bonds is 14. The van der Waals surface area contributed by atoms with Crippen LogP contribution < -0.4 is 44.9 Å². The van der Waals surface area contributed by atoms with Crippen LogP contribution in [0.3, 0.4) is 0 Å². The third-order valence-corrected chi connectivity index (χ3v) is 12.3. The first kappa shape index (κ1) is 43.0. The number of aromatic amines is 3. The van der Waals surface area contributed by atoms with E-state index in [1.54, 1.807) is 24.2 Å². The fourth-order valence-electron chi connectivity index (χ4n) is 9.85. The van der Waals surface area contributed by atoms with Crippen LogP contribution in [0.1, 0.15) is 104 Å². The Morgan fingerprint density at radius 3 is 1.60 bits per heavy atom. The zero-order valence-electron chi connectivity index (χ0n) is 35.6. The van der Waals surface area contributed by atoms with Crippen LogP contribution in [0, 0.1) is 0 Å². The van der Waals surface area contributed by atoms with Crippen molar-refractivity contribution in [2.45, 2.75) is 75.3 Å². The molecule has 6 aromatic rings. The molecule has 2 aliphatic carbocycles. The Labute approximate surface area is 362 Å². The third kappa shape index (κ3) is 7.65. The summed E-state index contributed by atoms with van der Waals surface area (Å²) in [6, 6.07) is 22.2. The minimum atomic E-state index is -1.02. The molecule has 12 N–H and O–H groups in total. The minimum Gasteiger partial charge on any atom is -0.366 e. The molecular formula is C45H52N12O6. The molecule has 0 fully saturated rings. The summed E-state index contributed by atoms with van der Waals surface area (Å²) in [4.78, 5) is 68.2. The lowest BCUT2D eigenvalue weighted by Gasteiger charge is -2.37. The first-order chi connectivity index (χ1) is 30.2. The van der Waals surface area contributed by atoms with Crippen LogP contribution in [0.2, 0.25) is 0 Å². The fourth-order valence-corrected chi connectivity index (χ4v) is 9.85. The van der Waals surface area contributed by atoms with Gasteiger partial charge in [0.2, 0.25) is 11.8 Å². The average molecular weight is 857 g/mol. The molecule has 2 amide bonds. The number of H-pyrrole nitrogens is 3. The number of carbonyl (C=O) groups excluding carboxylic acids is 2. The van der Waals surface area contributed by atoms with Gasteiger partial charge in [0.1, 0.15) is 18.4 Å². The number of benzene rings is 4. The van der Waals surface area contributed by atoms with Crippen molar-refractivity contribution < 1.29 is 19.3 Å². The summed E-state index contributed by atoms with van der Waals surface area (Å²) in [5.41, 5.74) is 34.0. The number of nitrogens with one attached hydrogen (secondary N) is 4. The summed E-state index contributed by atoms with van der Waals surface area (Å²) in [7, 11) is 3.09. The van der Waals surface area contributed by atoms with Gasteiger partial charge in [0.05, 0.1) is 29.3 Å². The van der Waals surface area contributed by atoms with E-state index < -0.39 is 28.3 Å².